The van der Waals surface area contributed by atoms with Crippen molar-refractivity contribution >= 4 is 49.0 Å². The van der Waals surface area contributed by atoms with Gasteiger partial charge in [0.25, 0.3) is 0 Å². The molecule has 0 aliphatic carbocycles. The lowest BCUT2D eigenvalue weighted by atomic mass is 9.68. The quantitative estimate of drug-likeness (QED) is 0.0161. The van der Waals surface area contributed by atoms with Crippen LogP contribution in [0.15, 0.2) is 148 Å². The third-order valence-corrected chi connectivity index (χ3v) is 30.0. The molecule has 0 saturated carbocycles. The van der Waals surface area contributed by atoms with E-state index in [-0.39, 0.29) is 29.4 Å². The van der Waals surface area contributed by atoms with Gasteiger partial charge in [-0.3, -0.25) is 22.4 Å². The number of aliphatic hydroxyl groups is 3. The van der Waals surface area contributed by atoms with Gasteiger partial charge in [-0.05, 0) is 152 Å². The van der Waals surface area contributed by atoms with Crippen LogP contribution in [-0.4, -0.2) is 208 Å². The number of hydrogen-bond acceptors (Lipinski definition) is 19. The maximum absolute atomic E-state index is 13.6. The summed E-state index contributed by atoms with van der Waals surface area (Å²) in [6.07, 6.45) is 17.6. The maximum atomic E-state index is 13.6. The first-order chi connectivity index (χ1) is 56.4. The van der Waals surface area contributed by atoms with Crippen molar-refractivity contribution < 1.29 is 66.2 Å². The molecule has 0 aromatic heterocycles. The van der Waals surface area contributed by atoms with E-state index in [0.29, 0.717) is 86.5 Å². The Morgan fingerprint density at radius 3 is 1.27 bits per heavy atom. The minimum atomic E-state index is -3.30. The molecule has 7 atom stereocenters. The van der Waals surface area contributed by atoms with Crippen molar-refractivity contribution in [2.45, 2.75) is 227 Å². The lowest BCUT2D eigenvalue weighted by molar-refractivity contribution is 0.0118. The molecule has 117 heavy (non-hydrogen) atoms. The molecule has 3 aliphatic heterocycles. The van der Waals surface area contributed by atoms with E-state index in [9.17, 15) is 37.7 Å². The van der Waals surface area contributed by atoms with Gasteiger partial charge >= 0.3 is 0 Å². The molecule has 0 saturated heterocycles. The molecule has 3 aliphatic rings. The molecule has 0 spiro atoms. The second-order valence-electron chi connectivity index (χ2n) is 33.7. The van der Waals surface area contributed by atoms with Crippen molar-refractivity contribution in [3.63, 3.8) is 0 Å². The summed E-state index contributed by atoms with van der Waals surface area (Å²) in [6.45, 7) is 20.9. The van der Waals surface area contributed by atoms with Crippen molar-refractivity contribution in [3.8, 4) is 11.5 Å². The van der Waals surface area contributed by atoms with E-state index in [2.05, 4.69) is 81.3 Å². The highest BCUT2D eigenvalue weighted by atomic mass is 32.3. The van der Waals surface area contributed by atoms with E-state index in [4.69, 9.17) is 28.4 Å². The van der Waals surface area contributed by atoms with Gasteiger partial charge in [-0.25, -0.2) is 0 Å². The average molecular weight is 1680 g/mol. The van der Waals surface area contributed by atoms with Gasteiger partial charge in [-0.15, -0.1) is 0 Å². The Bertz CT molecular complexity index is 3830. The van der Waals surface area contributed by atoms with E-state index in [1.807, 2.05) is 161 Å². The van der Waals surface area contributed by atoms with E-state index in [1.165, 1.54) is 0 Å². The van der Waals surface area contributed by atoms with Crippen LogP contribution in [0.5, 0.6) is 11.5 Å². The highest BCUT2D eigenvalue weighted by Gasteiger charge is 2.53. The lowest BCUT2D eigenvalue weighted by Crippen LogP contribution is -2.42. The van der Waals surface area contributed by atoms with Gasteiger partial charge in [-0.1, -0.05) is 198 Å². The predicted octanol–water partition coefficient (Wildman–Crippen LogP) is 19.4. The Morgan fingerprint density at radius 2 is 0.795 bits per heavy atom. The number of unbranched alkanes of at least 4 members (excludes halogenated alkanes) is 8. The molecule has 1 unspecified atom stereocenters. The second-order valence-corrected chi connectivity index (χ2v) is 39.2. The van der Waals surface area contributed by atoms with Crippen molar-refractivity contribution in [2.75, 3.05) is 166 Å². The van der Waals surface area contributed by atoms with Crippen LogP contribution in [0.2, 0.25) is 0 Å². The number of anilines is 3. The number of benzene rings is 6. The van der Waals surface area contributed by atoms with Crippen LogP contribution in [-0.2, 0) is 29.7 Å². The fourth-order valence-corrected chi connectivity index (χ4v) is 24.0. The molecule has 6 aromatic rings. The number of ether oxygens (including phenoxy) is 6. The maximum Gasteiger partial charge on any atom is 0.144 e. The molecule has 9 rings (SSSR count). The summed E-state index contributed by atoms with van der Waals surface area (Å²) in [5, 5.41) is 44.1. The summed E-state index contributed by atoms with van der Waals surface area (Å²) in [5.41, 5.74) is 6.69. The molecule has 19 nitrogen and oxygen atoms in total. The number of hydrogen-bond donors (Lipinski definition) is 9. The molecule has 9 N–H and O–H groups in total. The van der Waals surface area contributed by atoms with Crippen molar-refractivity contribution in [2.24, 2.45) is 16.2 Å². The summed E-state index contributed by atoms with van der Waals surface area (Å²) in [6, 6.07) is 44.1. The number of nitrogens with one attached hydrogen (secondary N) is 2. The Hall–Kier alpha value is -5.35. The lowest BCUT2D eigenvalue weighted by Gasteiger charge is -2.44. The molecule has 0 bridgehead atoms. The minimum Gasteiger partial charge on any atom is -0.491 e. The van der Waals surface area contributed by atoms with Crippen LogP contribution in [0.25, 0.3) is 0 Å². The van der Waals surface area contributed by atoms with Crippen LogP contribution in [0.1, 0.15) is 228 Å². The largest absolute Gasteiger partial charge is 0.491 e. The topological polar surface area (TPSA) is 248 Å². The smallest absolute Gasteiger partial charge is 0.144 e. The molecule has 3 heterocycles. The Morgan fingerprint density at radius 1 is 0.393 bits per heavy atom. The summed E-state index contributed by atoms with van der Waals surface area (Å²) < 4.78 is 97.5. The van der Waals surface area contributed by atoms with Gasteiger partial charge in [0.15, 0.2) is 0 Å². The van der Waals surface area contributed by atoms with Crippen LogP contribution in [0.4, 0.5) is 17.1 Å². The number of nitrogens with zero attached hydrogens (tertiary/aromatic N) is 3. The number of aliphatic hydroxyl groups excluding tert-OH is 3. The normalized spacial score (nSPS) is 20.7. The molecule has 22 heteroatoms. The zero-order valence-corrected chi connectivity index (χ0v) is 75.5. The second kappa shape index (κ2) is 49.1. The highest BCUT2D eigenvalue weighted by molar-refractivity contribution is 8.24. The first-order valence-corrected chi connectivity index (χ1v) is 48.8. The molecular weight excluding hydrogens is 1530 g/mol. The first-order valence-electron chi connectivity index (χ1n) is 44.0. The fourth-order valence-electron chi connectivity index (χ4n) is 17.7. The zero-order chi connectivity index (χ0) is 84.4. The summed E-state index contributed by atoms with van der Waals surface area (Å²) in [4.78, 5) is 7.94. The van der Waals surface area contributed by atoms with Gasteiger partial charge in [0, 0.05) is 117 Å². The fraction of sp³-hybridized carbons (Fsp3) is 0.621. The van der Waals surface area contributed by atoms with Crippen molar-refractivity contribution in [3.05, 3.63) is 167 Å². The molecule has 656 valence electrons. The molecule has 6 aromatic carbocycles. The molecular formula is C95H149N5O14S3. The van der Waals surface area contributed by atoms with Gasteiger partial charge < -0.3 is 69.1 Å². The SMILES string of the molecule is CCCCC1(CCCC)CS(=O)c2ccc(N(C)C)cc2[C@@H](c2ccccc2)[C@H]1O.CCCCC1(CCCC)CS(O)(O)c2ccc(N(C)C)cc2[C@H](c2cccc(OCCOCCOCCNCCCCCNCCOCCOCCOc3cc4c(cc3N(C)C)[C@H](c3ccccc3)[C@H](O)C(CCCC)(CCCC)CS4(O)O)c2)[C@@H]1O. The van der Waals surface area contributed by atoms with Crippen molar-refractivity contribution in [1.29, 1.82) is 0 Å². The summed E-state index contributed by atoms with van der Waals surface area (Å²) in [7, 11) is 4.28. The van der Waals surface area contributed by atoms with E-state index >= 15 is 0 Å². The monoisotopic (exact) mass is 1680 g/mol. The van der Waals surface area contributed by atoms with Gasteiger partial charge in [-0.2, -0.15) is 21.2 Å². The first kappa shape index (κ1) is 97.1. The third-order valence-electron chi connectivity index (χ3n) is 24.3. The summed E-state index contributed by atoms with van der Waals surface area (Å²) >= 11 is 0. The Labute approximate surface area is 709 Å². The van der Waals surface area contributed by atoms with Crippen LogP contribution >= 0.6 is 21.2 Å². The average Bonchev–Trinajstić information content (AvgIpc) is 1.61. The molecule has 0 radical (unpaired) electrons. The highest BCUT2D eigenvalue weighted by Crippen LogP contribution is 2.65. The third kappa shape index (κ3) is 27.1. The van der Waals surface area contributed by atoms with E-state index in [0.717, 1.165) is 216 Å². The van der Waals surface area contributed by atoms with E-state index < -0.39 is 73.0 Å². The Kier molecular flexibility index (Phi) is 40.7. The van der Waals surface area contributed by atoms with Gasteiger partial charge in [0.1, 0.15) is 24.7 Å². The minimum absolute atomic E-state index is 0.125. The summed E-state index contributed by atoms with van der Waals surface area (Å²) in [5.74, 6) is 0.998. The van der Waals surface area contributed by atoms with Crippen LogP contribution in [0.3, 0.4) is 0 Å². The zero-order valence-electron chi connectivity index (χ0n) is 73.1. The predicted molar refractivity (Wildman–Crippen MR) is 487 cm³/mol. The molecule has 0 fully saturated rings. The standard InChI is InChI=1S/C69H112N4O12S2.C26H37NO2S/c1-9-13-30-68(31-14-10-2)52-86(76,77)62-29-28-56(72(5)6)49-58(62)65(67(68)75)55-26-23-27-57(48-55)84-46-44-82-42-40-80-38-36-70-34-21-18-22-35-71-37-39-81-41-43-83-45-47-85-61-51-63-59(50-60(61)73(7)8)64(54-24-19-17-20-25-54)66(74)69(32-15-11-3,33-16-12-4)53-87(63,78)79;1-5-7-16-26(17-8-6-2)19-30(29)23-15-14-21(27(3)4)18-22(23)24(25(26)28)20-12-10-9-11-13-20/h17,19-20,23-29,48-51,64-67,70-71,74-79H,9-16,18,21-22,30-47,52-53H2,1-8H3;9-15,18,24-25,28H,5-8,16-17,19H2,1-4H3/t64-,65-,66-,67-;24-,25-,30?/m01/s1. The molecule has 0 amide bonds. The Balaban J connectivity index is 0.000000473. The van der Waals surface area contributed by atoms with Crippen molar-refractivity contribution in [1.82, 2.24) is 10.6 Å². The van der Waals surface area contributed by atoms with Gasteiger partial charge in [0.2, 0.25) is 0 Å². The number of rotatable bonds is 50. The van der Waals surface area contributed by atoms with Crippen LogP contribution in [0, 0.1) is 16.2 Å². The van der Waals surface area contributed by atoms with Crippen LogP contribution < -0.4 is 34.8 Å². The van der Waals surface area contributed by atoms with Gasteiger partial charge in [0.05, 0.1) is 109 Å². The number of fused-ring (bicyclic) bond motifs is 3. The van der Waals surface area contributed by atoms with E-state index in [1.54, 1.807) is 0 Å².